The predicted octanol–water partition coefficient (Wildman–Crippen LogP) is 3.34. The number of hydrogen-bond donors (Lipinski definition) is 2. The summed E-state index contributed by atoms with van der Waals surface area (Å²) in [5.74, 6) is -0.186. The molecule has 1 amide bonds. The minimum Gasteiger partial charge on any atom is -0.504 e. The molecule has 3 aromatic carbocycles. The van der Waals surface area contributed by atoms with E-state index in [0.717, 1.165) is 11.1 Å². The lowest BCUT2D eigenvalue weighted by atomic mass is 10.0. The number of rotatable bonds is 6. The summed E-state index contributed by atoms with van der Waals surface area (Å²) in [6.45, 7) is -0.252. The van der Waals surface area contributed by atoms with E-state index in [9.17, 15) is 9.90 Å². The van der Waals surface area contributed by atoms with Gasteiger partial charge in [-0.3, -0.25) is 4.79 Å². The molecule has 0 unspecified atom stereocenters. The Balaban J connectivity index is 1.72. The van der Waals surface area contributed by atoms with Crippen LogP contribution in [0, 0.1) is 0 Å². The molecule has 0 fully saturated rings. The van der Waals surface area contributed by atoms with Gasteiger partial charge in [0.15, 0.2) is 18.1 Å². The van der Waals surface area contributed by atoms with Gasteiger partial charge in [-0.15, -0.1) is 0 Å². The van der Waals surface area contributed by atoms with Gasteiger partial charge in [-0.05, 0) is 12.1 Å². The van der Waals surface area contributed by atoms with Crippen molar-refractivity contribution in [2.24, 2.45) is 5.10 Å². The summed E-state index contributed by atoms with van der Waals surface area (Å²) in [6, 6.07) is 25.7. The summed E-state index contributed by atoms with van der Waals surface area (Å²) in [6.07, 6.45) is 0. The van der Waals surface area contributed by atoms with Crippen LogP contribution in [0.1, 0.15) is 11.1 Å². The Labute approximate surface area is 151 Å². The van der Waals surface area contributed by atoms with E-state index < -0.39 is 5.91 Å². The van der Waals surface area contributed by atoms with Gasteiger partial charge >= 0.3 is 0 Å². The third-order valence-corrected chi connectivity index (χ3v) is 3.61. The van der Waals surface area contributed by atoms with E-state index in [1.165, 1.54) is 6.07 Å². The fourth-order valence-electron chi connectivity index (χ4n) is 2.36. The molecule has 0 saturated carbocycles. The van der Waals surface area contributed by atoms with Crippen LogP contribution in [0.25, 0.3) is 0 Å². The van der Waals surface area contributed by atoms with E-state index in [2.05, 4.69) is 10.5 Å². The standard InChI is InChI=1S/C21H18N2O3/c24-18-13-7-8-14-19(18)26-15-20(25)22-23-21(16-9-3-1-4-10-16)17-11-5-2-6-12-17/h1-14,24H,15H2,(H,22,25). The average molecular weight is 346 g/mol. The van der Waals surface area contributed by atoms with Crippen LogP contribution in [0.4, 0.5) is 0 Å². The number of carbonyl (C=O) groups excluding carboxylic acids is 1. The van der Waals surface area contributed by atoms with Gasteiger partial charge in [0.05, 0.1) is 5.71 Å². The molecule has 0 atom stereocenters. The van der Waals surface area contributed by atoms with Gasteiger partial charge in [-0.25, -0.2) is 5.43 Å². The van der Waals surface area contributed by atoms with Crippen molar-refractivity contribution in [3.05, 3.63) is 96.1 Å². The topological polar surface area (TPSA) is 70.9 Å². The summed E-state index contributed by atoms with van der Waals surface area (Å²) < 4.78 is 5.31. The first kappa shape index (κ1) is 17.2. The predicted molar refractivity (Wildman–Crippen MR) is 100 cm³/mol. The number of phenolic OH excluding ortho intramolecular Hbond substituents is 1. The smallest absolute Gasteiger partial charge is 0.277 e. The maximum atomic E-state index is 12.1. The van der Waals surface area contributed by atoms with E-state index in [4.69, 9.17) is 4.74 Å². The number of amides is 1. The molecule has 0 heterocycles. The van der Waals surface area contributed by atoms with Gasteiger partial charge in [-0.2, -0.15) is 5.10 Å². The molecule has 0 bridgehead atoms. The minimum absolute atomic E-state index is 0.0157. The highest BCUT2D eigenvalue weighted by Gasteiger charge is 2.09. The second-order valence-corrected chi connectivity index (χ2v) is 5.48. The number of hydrogen-bond acceptors (Lipinski definition) is 4. The molecular weight excluding hydrogens is 328 g/mol. The Morgan fingerprint density at radius 3 is 1.96 bits per heavy atom. The summed E-state index contributed by atoms with van der Waals surface area (Å²) in [4.78, 5) is 12.1. The molecule has 130 valence electrons. The Morgan fingerprint density at radius 1 is 0.846 bits per heavy atom. The highest BCUT2D eigenvalue weighted by Crippen LogP contribution is 2.23. The molecule has 0 radical (unpaired) electrons. The number of ether oxygens (including phenoxy) is 1. The van der Waals surface area contributed by atoms with Crippen molar-refractivity contribution in [3.8, 4) is 11.5 Å². The van der Waals surface area contributed by atoms with Crippen LogP contribution >= 0.6 is 0 Å². The van der Waals surface area contributed by atoms with Gasteiger partial charge in [0, 0.05) is 11.1 Å². The van der Waals surface area contributed by atoms with Crippen LogP contribution in [-0.4, -0.2) is 23.3 Å². The molecule has 2 N–H and O–H groups in total. The number of nitrogens with zero attached hydrogens (tertiary/aromatic N) is 1. The number of hydrazone groups is 1. The number of nitrogens with one attached hydrogen (secondary N) is 1. The van der Waals surface area contributed by atoms with Crippen molar-refractivity contribution in [1.29, 1.82) is 0 Å². The highest BCUT2D eigenvalue weighted by molar-refractivity contribution is 6.13. The Morgan fingerprint density at radius 2 is 1.38 bits per heavy atom. The third-order valence-electron chi connectivity index (χ3n) is 3.61. The molecule has 3 aromatic rings. The van der Waals surface area contributed by atoms with Crippen molar-refractivity contribution in [2.75, 3.05) is 6.61 Å². The zero-order chi connectivity index (χ0) is 18.2. The first-order valence-electron chi connectivity index (χ1n) is 8.12. The zero-order valence-corrected chi connectivity index (χ0v) is 14.0. The maximum absolute atomic E-state index is 12.1. The van der Waals surface area contributed by atoms with Crippen molar-refractivity contribution in [3.63, 3.8) is 0 Å². The van der Waals surface area contributed by atoms with Gasteiger partial charge < -0.3 is 9.84 Å². The van der Waals surface area contributed by atoms with E-state index in [1.54, 1.807) is 18.2 Å². The summed E-state index contributed by atoms with van der Waals surface area (Å²) >= 11 is 0. The van der Waals surface area contributed by atoms with E-state index in [1.807, 2.05) is 60.7 Å². The molecule has 0 aliphatic carbocycles. The Kier molecular flexibility index (Phi) is 5.62. The first-order valence-corrected chi connectivity index (χ1v) is 8.12. The fraction of sp³-hybridized carbons (Fsp3) is 0.0476. The summed E-state index contributed by atoms with van der Waals surface area (Å²) in [5, 5.41) is 13.9. The summed E-state index contributed by atoms with van der Waals surface area (Å²) in [5.41, 5.74) is 4.95. The van der Waals surface area contributed by atoms with Crippen LogP contribution < -0.4 is 10.2 Å². The van der Waals surface area contributed by atoms with Gasteiger partial charge in [0.2, 0.25) is 0 Å². The molecule has 0 spiro atoms. The van der Waals surface area contributed by atoms with Crippen LogP contribution in [0.2, 0.25) is 0 Å². The number of para-hydroxylation sites is 2. The fourth-order valence-corrected chi connectivity index (χ4v) is 2.36. The van der Waals surface area contributed by atoms with Gasteiger partial charge in [-0.1, -0.05) is 72.8 Å². The lowest BCUT2D eigenvalue weighted by Crippen LogP contribution is -2.26. The molecular formula is C21H18N2O3. The normalized spacial score (nSPS) is 10.0. The quantitative estimate of drug-likeness (QED) is 0.531. The average Bonchev–Trinajstić information content (AvgIpc) is 2.69. The van der Waals surface area contributed by atoms with E-state index in [-0.39, 0.29) is 18.1 Å². The lowest BCUT2D eigenvalue weighted by molar-refractivity contribution is -0.123. The number of benzene rings is 3. The number of aromatic hydroxyl groups is 1. The molecule has 5 nitrogen and oxygen atoms in total. The maximum Gasteiger partial charge on any atom is 0.277 e. The number of carbonyl (C=O) groups is 1. The van der Waals surface area contributed by atoms with Crippen LogP contribution in [0.3, 0.4) is 0 Å². The third kappa shape index (κ3) is 4.48. The van der Waals surface area contributed by atoms with Crippen molar-refractivity contribution in [2.45, 2.75) is 0 Å². The van der Waals surface area contributed by atoms with Crippen LogP contribution in [-0.2, 0) is 4.79 Å². The lowest BCUT2D eigenvalue weighted by Gasteiger charge is -2.09. The first-order chi connectivity index (χ1) is 12.7. The van der Waals surface area contributed by atoms with E-state index in [0.29, 0.717) is 5.71 Å². The highest BCUT2D eigenvalue weighted by atomic mass is 16.5. The molecule has 0 saturated heterocycles. The molecule has 0 aliphatic rings. The van der Waals surface area contributed by atoms with Crippen molar-refractivity contribution >= 4 is 11.6 Å². The monoisotopic (exact) mass is 346 g/mol. The summed E-state index contributed by atoms with van der Waals surface area (Å²) in [7, 11) is 0. The van der Waals surface area contributed by atoms with Crippen LogP contribution in [0.5, 0.6) is 11.5 Å². The second-order valence-electron chi connectivity index (χ2n) is 5.48. The van der Waals surface area contributed by atoms with E-state index >= 15 is 0 Å². The van der Waals surface area contributed by atoms with Crippen molar-refractivity contribution in [1.82, 2.24) is 5.43 Å². The van der Waals surface area contributed by atoms with Crippen LogP contribution in [0.15, 0.2) is 90.0 Å². The molecule has 26 heavy (non-hydrogen) atoms. The Hall–Kier alpha value is -3.60. The largest absolute Gasteiger partial charge is 0.504 e. The second kappa shape index (κ2) is 8.48. The molecule has 5 heteroatoms. The van der Waals surface area contributed by atoms with Crippen molar-refractivity contribution < 1.29 is 14.6 Å². The SMILES string of the molecule is O=C(COc1ccccc1O)NN=C(c1ccccc1)c1ccccc1. The van der Waals surface area contributed by atoms with Gasteiger partial charge in [0.25, 0.3) is 5.91 Å². The number of phenols is 1. The minimum atomic E-state index is -0.419. The molecule has 3 rings (SSSR count). The zero-order valence-electron chi connectivity index (χ0n) is 14.0. The molecule has 0 aliphatic heterocycles. The molecule has 0 aromatic heterocycles. The van der Waals surface area contributed by atoms with Gasteiger partial charge in [0.1, 0.15) is 0 Å². The Bertz CT molecular complexity index is 852.